The third-order valence-corrected chi connectivity index (χ3v) is 2.34. The van der Waals surface area contributed by atoms with Crippen molar-refractivity contribution in [2.75, 3.05) is 25.5 Å². The number of halogens is 3. The molecule has 1 aromatic rings. The maximum atomic E-state index is 11.7. The summed E-state index contributed by atoms with van der Waals surface area (Å²) in [5.41, 5.74) is 5.76. The third-order valence-electron chi connectivity index (χ3n) is 1.91. The van der Waals surface area contributed by atoms with Crippen molar-refractivity contribution in [2.45, 2.75) is 6.43 Å². The number of nitrogens with two attached hydrogens (primary N) is 1. The van der Waals surface area contributed by atoms with Gasteiger partial charge >= 0.3 is 0 Å². The molecule has 0 fully saturated rings. The van der Waals surface area contributed by atoms with Crippen LogP contribution in [-0.2, 0) is 4.74 Å². The summed E-state index contributed by atoms with van der Waals surface area (Å²) in [6.07, 6.45) is -1.04. The molecule has 18 heavy (non-hydrogen) atoms. The van der Waals surface area contributed by atoms with Crippen molar-refractivity contribution in [1.82, 2.24) is 10.3 Å². The van der Waals surface area contributed by atoms with Gasteiger partial charge in [-0.1, -0.05) is 0 Å². The van der Waals surface area contributed by atoms with Crippen LogP contribution in [0, 0.1) is 0 Å². The number of hydrogen-bond acceptors (Lipinski definition) is 4. The summed E-state index contributed by atoms with van der Waals surface area (Å²) in [5, 5.41) is 2.49. The van der Waals surface area contributed by atoms with Gasteiger partial charge in [-0.15, -0.1) is 0 Å². The Kier molecular flexibility index (Phi) is 5.93. The normalized spacial score (nSPS) is 10.7. The number of nitrogens with one attached hydrogen (secondary N) is 1. The van der Waals surface area contributed by atoms with E-state index in [0.29, 0.717) is 4.47 Å². The van der Waals surface area contributed by atoms with Crippen LogP contribution in [-0.4, -0.2) is 37.1 Å². The number of alkyl halides is 2. The fourth-order valence-corrected chi connectivity index (χ4v) is 1.47. The van der Waals surface area contributed by atoms with Gasteiger partial charge in [0, 0.05) is 17.2 Å². The predicted molar refractivity (Wildman–Crippen MR) is 65.5 cm³/mol. The van der Waals surface area contributed by atoms with Crippen molar-refractivity contribution in [2.24, 2.45) is 0 Å². The number of rotatable bonds is 6. The molecular formula is C10H12BrF2N3O2. The zero-order valence-corrected chi connectivity index (χ0v) is 10.9. The molecule has 1 heterocycles. The largest absolute Gasteiger partial charge is 0.383 e. The van der Waals surface area contributed by atoms with Gasteiger partial charge in [0.05, 0.1) is 12.2 Å². The molecule has 5 nitrogen and oxygen atoms in total. The maximum absolute atomic E-state index is 11.7. The quantitative estimate of drug-likeness (QED) is 0.776. The lowest BCUT2D eigenvalue weighted by Gasteiger charge is -2.07. The zero-order valence-electron chi connectivity index (χ0n) is 9.33. The Hall–Kier alpha value is -1.28. The topological polar surface area (TPSA) is 77.2 Å². The summed E-state index contributed by atoms with van der Waals surface area (Å²) in [7, 11) is 0. The maximum Gasteiger partial charge on any atom is 0.261 e. The van der Waals surface area contributed by atoms with Gasteiger partial charge in [-0.25, -0.2) is 13.8 Å². The van der Waals surface area contributed by atoms with E-state index in [1.54, 1.807) is 0 Å². The molecule has 0 bridgehead atoms. The van der Waals surface area contributed by atoms with Gasteiger partial charge in [0.1, 0.15) is 12.4 Å². The summed E-state index contributed by atoms with van der Waals surface area (Å²) >= 11 is 3.17. The van der Waals surface area contributed by atoms with Gasteiger partial charge in [0.25, 0.3) is 12.3 Å². The molecule has 0 atom stereocenters. The number of aromatic nitrogens is 1. The number of hydrogen-bond donors (Lipinski definition) is 2. The lowest BCUT2D eigenvalue weighted by molar-refractivity contribution is 0.0188. The molecule has 0 aliphatic carbocycles. The average Bonchev–Trinajstić information content (AvgIpc) is 2.31. The molecule has 0 aliphatic heterocycles. The van der Waals surface area contributed by atoms with Crippen LogP contribution in [0.3, 0.4) is 0 Å². The molecule has 0 saturated heterocycles. The first-order valence-electron chi connectivity index (χ1n) is 5.06. The van der Waals surface area contributed by atoms with Crippen LogP contribution >= 0.6 is 15.9 Å². The molecule has 0 aliphatic rings. The number of amides is 1. The highest BCUT2D eigenvalue weighted by Crippen LogP contribution is 2.15. The summed E-state index contributed by atoms with van der Waals surface area (Å²) < 4.78 is 28.7. The van der Waals surface area contributed by atoms with Crippen LogP contribution in [0.5, 0.6) is 0 Å². The Morgan fingerprint density at radius 3 is 3.00 bits per heavy atom. The Morgan fingerprint density at radius 1 is 1.61 bits per heavy atom. The van der Waals surface area contributed by atoms with E-state index in [0.717, 1.165) is 0 Å². The van der Waals surface area contributed by atoms with Gasteiger partial charge in [0.15, 0.2) is 0 Å². The van der Waals surface area contributed by atoms with E-state index in [1.807, 2.05) is 0 Å². The minimum atomic E-state index is -2.51. The van der Waals surface area contributed by atoms with Gasteiger partial charge in [-0.05, 0) is 22.0 Å². The van der Waals surface area contributed by atoms with Crippen LogP contribution < -0.4 is 11.1 Å². The Morgan fingerprint density at radius 2 is 2.33 bits per heavy atom. The molecule has 0 radical (unpaired) electrons. The van der Waals surface area contributed by atoms with Crippen LogP contribution in [0.2, 0.25) is 0 Å². The highest BCUT2D eigenvalue weighted by molar-refractivity contribution is 9.10. The molecule has 1 amide bonds. The van der Waals surface area contributed by atoms with Crippen molar-refractivity contribution in [3.05, 3.63) is 22.3 Å². The minimum absolute atomic E-state index is 0.0113. The molecule has 0 spiro atoms. The van der Waals surface area contributed by atoms with Crippen LogP contribution in [0.25, 0.3) is 0 Å². The second kappa shape index (κ2) is 7.22. The van der Waals surface area contributed by atoms with E-state index in [-0.39, 0.29) is 24.5 Å². The van der Waals surface area contributed by atoms with E-state index in [4.69, 9.17) is 5.73 Å². The minimum Gasteiger partial charge on any atom is -0.383 e. The van der Waals surface area contributed by atoms with Gasteiger partial charge in [0.2, 0.25) is 0 Å². The number of ether oxygens (including phenoxy) is 1. The van der Waals surface area contributed by atoms with E-state index in [1.165, 1.54) is 12.3 Å². The van der Waals surface area contributed by atoms with Crippen molar-refractivity contribution in [3.63, 3.8) is 0 Å². The highest BCUT2D eigenvalue weighted by Gasteiger charge is 2.10. The smallest absolute Gasteiger partial charge is 0.261 e. The van der Waals surface area contributed by atoms with Crippen molar-refractivity contribution in [3.8, 4) is 0 Å². The Balaban J connectivity index is 2.39. The van der Waals surface area contributed by atoms with Crippen LogP contribution in [0.1, 0.15) is 10.4 Å². The SMILES string of the molecule is Nc1ncc(Br)cc1C(=O)NCCOCC(F)F. The van der Waals surface area contributed by atoms with E-state index in [2.05, 4.69) is 31.0 Å². The first-order chi connectivity index (χ1) is 8.50. The van der Waals surface area contributed by atoms with Crippen molar-refractivity contribution < 1.29 is 18.3 Å². The molecular weight excluding hydrogens is 312 g/mol. The zero-order chi connectivity index (χ0) is 13.5. The summed E-state index contributed by atoms with van der Waals surface area (Å²) in [5.74, 6) is -0.328. The first-order valence-corrected chi connectivity index (χ1v) is 5.85. The molecule has 1 aromatic heterocycles. The summed E-state index contributed by atoms with van der Waals surface area (Å²) in [6.45, 7) is -0.509. The number of pyridine rings is 1. The number of anilines is 1. The fraction of sp³-hybridized carbons (Fsp3) is 0.400. The fourth-order valence-electron chi connectivity index (χ4n) is 1.14. The highest BCUT2D eigenvalue weighted by atomic mass is 79.9. The average molecular weight is 324 g/mol. The third kappa shape index (κ3) is 4.92. The molecule has 3 N–H and O–H groups in total. The first kappa shape index (κ1) is 14.8. The van der Waals surface area contributed by atoms with Gasteiger partial charge in [-0.2, -0.15) is 0 Å². The van der Waals surface area contributed by atoms with E-state index >= 15 is 0 Å². The van der Waals surface area contributed by atoms with Gasteiger partial charge < -0.3 is 15.8 Å². The molecule has 0 unspecified atom stereocenters. The number of carbonyl (C=O) groups excluding carboxylic acids is 1. The molecule has 100 valence electrons. The summed E-state index contributed by atoms with van der Waals surface area (Å²) in [4.78, 5) is 15.5. The second-order valence-corrected chi connectivity index (χ2v) is 4.22. The molecule has 1 rings (SSSR count). The molecule has 8 heteroatoms. The van der Waals surface area contributed by atoms with E-state index in [9.17, 15) is 13.6 Å². The summed E-state index contributed by atoms with van der Waals surface area (Å²) in [6, 6.07) is 1.53. The number of nitrogens with zero attached hydrogens (tertiary/aromatic N) is 1. The van der Waals surface area contributed by atoms with Crippen LogP contribution in [0.15, 0.2) is 16.7 Å². The van der Waals surface area contributed by atoms with Crippen molar-refractivity contribution >= 4 is 27.7 Å². The van der Waals surface area contributed by atoms with Crippen molar-refractivity contribution in [1.29, 1.82) is 0 Å². The molecule has 0 saturated carbocycles. The Labute approximate surface area is 111 Å². The standard InChI is InChI=1S/C10H12BrF2N3O2/c11-6-3-7(9(14)16-4-6)10(17)15-1-2-18-5-8(12)13/h3-4,8H,1-2,5H2,(H2,14,16)(H,15,17). The lowest BCUT2D eigenvalue weighted by Crippen LogP contribution is -2.28. The monoisotopic (exact) mass is 323 g/mol. The number of carbonyl (C=O) groups is 1. The lowest BCUT2D eigenvalue weighted by atomic mass is 10.2. The van der Waals surface area contributed by atoms with E-state index < -0.39 is 18.9 Å². The predicted octanol–water partition coefficient (Wildman–Crippen LogP) is 1.44. The van der Waals surface area contributed by atoms with Gasteiger partial charge in [-0.3, -0.25) is 4.79 Å². The van der Waals surface area contributed by atoms with Crippen LogP contribution in [0.4, 0.5) is 14.6 Å². The Bertz CT molecular complexity index is 418. The molecule has 0 aromatic carbocycles. The number of nitrogen functional groups attached to an aromatic ring is 1. The second-order valence-electron chi connectivity index (χ2n) is 3.31.